The average Bonchev–Trinajstić information content (AvgIpc) is 3.44. The molecule has 0 radical (unpaired) electrons. The average molecular weight is 1360 g/mol. The molecule has 0 fully saturated rings. The molecule has 0 bridgehead atoms. The number of H-pyrrole nitrogens is 2. The van der Waals surface area contributed by atoms with Crippen LogP contribution in [0.4, 0.5) is 0 Å². The van der Waals surface area contributed by atoms with Gasteiger partial charge in [-0.3, -0.25) is 38.7 Å². The van der Waals surface area contributed by atoms with Gasteiger partial charge in [-0.05, 0) is 156 Å². The molecule has 20 nitrogen and oxygen atoms in total. The number of halogens is 6. The molecule has 72 heavy (non-hydrogen) atoms. The zero-order valence-corrected chi connectivity index (χ0v) is 45.1. The van der Waals surface area contributed by atoms with Crippen LogP contribution in [0.3, 0.4) is 0 Å². The van der Waals surface area contributed by atoms with Gasteiger partial charge in [0.2, 0.25) is 23.1 Å². The summed E-state index contributed by atoms with van der Waals surface area (Å²) in [6, 6.07) is 23.1. The molecule has 26 heteroatoms. The second kappa shape index (κ2) is 25.8. The van der Waals surface area contributed by atoms with Gasteiger partial charge >= 0.3 is 0 Å². The van der Waals surface area contributed by atoms with Crippen LogP contribution in [0.25, 0.3) is 45.6 Å². The lowest BCUT2D eigenvalue weighted by atomic mass is 10.1. The van der Waals surface area contributed by atoms with Crippen LogP contribution in [-0.4, -0.2) is 85.0 Å². The van der Waals surface area contributed by atoms with E-state index in [1.165, 1.54) is 0 Å². The Hall–Kier alpha value is -7.10. The van der Waals surface area contributed by atoms with Crippen LogP contribution in [0.15, 0.2) is 184 Å². The third-order valence-electron chi connectivity index (χ3n) is 8.84. The van der Waals surface area contributed by atoms with Crippen molar-refractivity contribution in [2.24, 2.45) is 0 Å². The van der Waals surface area contributed by atoms with Gasteiger partial charge in [0, 0.05) is 24.8 Å². The molecule has 0 amide bonds. The minimum atomic E-state index is -0.954. The number of rotatable bonds is 4. The predicted molar refractivity (Wildman–Crippen MR) is 271 cm³/mol. The Bertz CT molecular complexity index is 2740. The molecule has 6 aromatic heterocycles. The van der Waals surface area contributed by atoms with Crippen LogP contribution in [-0.2, 0) is 28.8 Å². The van der Waals surface area contributed by atoms with Crippen LogP contribution in [0.2, 0.25) is 0 Å². The molecule has 9 rings (SSSR count). The van der Waals surface area contributed by atoms with Gasteiger partial charge in [0.25, 0.3) is 11.4 Å². The second-order valence-corrected chi connectivity index (χ2v) is 18.2. The Morgan fingerprint density at radius 2 is 0.611 bits per heavy atom. The molecule has 0 saturated heterocycles. The Morgan fingerprint density at radius 1 is 0.347 bits per heavy atom. The molecule has 6 N–H and O–H groups in total. The number of aromatic nitrogens is 8. The number of nitrogens with one attached hydrogen (secondary N) is 2. The first-order valence-electron chi connectivity index (χ1n) is 19.5. The molecule has 0 spiro atoms. The molecule has 0 aromatic carbocycles. The van der Waals surface area contributed by atoms with Gasteiger partial charge in [-0.2, -0.15) is 0 Å². The minimum Gasteiger partial charge on any atom is -0.869 e. The molecule has 3 aliphatic carbocycles. The fourth-order valence-corrected chi connectivity index (χ4v) is 7.58. The minimum absolute atomic E-state index is 0.326. The fraction of sp³-hybridized carbons (Fsp3) is 0. The van der Waals surface area contributed by atoms with Crippen molar-refractivity contribution in [2.75, 3.05) is 0 Å². The first kappa shape index (κ1) is 55.8. The normalized spacial score (nSPS) is 14.7. The Kier molecular flexibility index (Phi) is 20.0. The number of Topliss-reactive ketones (excluding diaryl/α,β-unsaturated/α-hetero) is 6. The van der Waals surface area contributed by atoms with Crippen molar-refractivity contribution in [1.29, 1.82) is 0 Å². The lowest BCUT2D eigenvalue weighted by Crippen LogP contribution is -2.26. The quantitative estimate of drug-likeness (QED) is 0.146. The summed E-state index contributed by atoms with van der Waals surface area (Å²) in [6.45, 7) is 0. The molecule has 6 heterocycles. The fourth-order valence-electron chi connectivity index (χ4n) is 5.39. The SMILES string of the molecule is O=C1C(O)=C(Br)C(=O)C(O)=C1Br.O=C1C(O)=C(Br)C(=O)C([O-])=C1Br.O=C1C(O)=C(Br)C(=O)C([O-])=C1Br.c1ccc(-c2ncc[nH+]c2-c2ccccn2)nc1.c1ccc(-c2ncc[nH+]c2-c2ccccn2)nc1. The van der Waals surface area contributed by atoms with Crippen molar-refractivity contribution in [3.63, 3.8) is 0 Å². The summed E-state index contributed by atoms with van der Waals surface area (Å²) in [6.07, 6.45) is 14.1. The summed E-state index contributed by atoms with van der Waals surface area (Å²) in [5, 5.41) is 57.6. The number of aromatic amines is 2. The lowest BCUT2D eigenvalue weighted by Gasteiger charge is -2.17. The van der Waals surface area contributed by atoms with E-state index >= 15 is 0 Å². The number of nitrogens with zero attached hydrogens (tertiary/aromatic N) is 6. The van der Waals surface area contributed by atoms with Crippen LogP contribution in [0, 0.1) is 0 Å². The Morgan fingerprint density at radius 3 is 0.889 bits per heavy atom. The summed E-state index contributed by atoms with van der Waals surface area (Å²) >= 11 is 15.8. The van der Waals surface area contributed by atoms with Crippen LogP contribution >= 0.6 is 95.6 Å². The third-order valence-corrected chi connectivity index (χ3v) is 13.2. The first-order chi connectivity index (χ1) is 34.3. The van der Waals surface area contributed by atoms with E-state index in [4.69, 9.17) is 20.4 Å². The molecule has 0 unspecified atom stereocenters. The van der Waals surface area contributed by atoms with Crippen molar-refractivity contribution >= 4 is 130 Å². The first-order valence-corrected chi connectivity index (χ1v) is 24.2. The number of carbonyl (C=O) groups is 6. The van der Waals surface area contributed by atoms with E-state index in [2.05, 4.69) is 135 Å². The maximum absolute atomic E-state index is 10.9. The van der Waals surface area contributed by atoms with Gasteiger partial charge in [-0.25, -0.2) is 29.9 Å². The largest absolute Gasteiger partial charge is 0.869 e. The summed E-state index contributed by atoms with van der Waals surface area (Å²) in [5.41, 5.74) is 6.71. The van der Waals surface area contributed by atoms with Gasteiger partial charge < -0.3 is 30.6 Å². The second-order valence-electron chi connectivity index (χ2n) is 13.4. The molecule has 364 valence electrons. The van der Waals surface area contributed by atoms with Crippen molar-refractivity contribution in [1.82, 2.24) is 29.9 Å². The highest BCUT2D eigenvalue weighted by molar-refractivity contribution is 9.13. The zero-order valence-electron chi connectivity index (χ0n) is 35.6. The highest BCUT2D eigenvalue weighted by Gasteiger charge is 2.32. The molecule has 3 aliphatic rings. The number of hydrogen-bond donors (Lipinski definition) is 4. The van der Waals surface area contributed by atoms with Crippen LogP contribution < -0.4 is 20.2 Å². The van der Waals surface area contributed by atoms with E-state index in [0.29, 0.717) is 0 Å². The van der Waals surface area contributed by atoms with Gasteiger partial charge in [-0.15, -0.1) is 0 Å². The number of allylic oxidation sites excluding steroid dienone is 6. The highest BCUT2D eigenvalue weighted by atomic mass is 79.9. The lowest BCUT2D eigenvalue weighted by molar-refractivity contribution is -0.365. The summed E-state index contributed by atoms with van der Waals surface area (Å²) in [5.74, 6) is -10.1. The molecular weight excluding hydrogens is 1340 g/mol. The number of aliphatic hydroxyl groups is 4. The molecule has 0 atom stereocenters. The van der Waals surface area contributed by atoms with Crippen molar-refractivity contribution in [3.05, 3.63) is 184 Å². The number of carbonyl (C=O) groups excluding carboxylic acids is 6. The smallest absolute Gasteiger partial charge is 0.257 e. The van der Waals surface area contributed by atoms with E-state index in [1.54, 1.807) is 49.6 Å². The van der Waals surface area contributed by atoms with Crippen molar-refractivity contribution in [2.45, 2.75) is 0 Å². The maximum Gasteiger partial charge on any atom is 0.257 e. The summed E-state index contributed by atoms with van der Waals surface area (Å²) in [4.78, 5) is 97.9. The van der Waals surface area contributed by atoms with Gasteiger partial charge in [-0.1, -0.05) is 24.3 Å². The van der Waals surface area contributed by atoms with Crippen molar-refractivity contribution < 1.29 is 69.4 Å². The van der Waals surface area contributed by atoms with E-state index in [-0.39, 0.29) is 17.9 Å². The summed E-state index contributed by atoms with van der Waals surface area (Å²) < 4.78 is -2.30. The van der Waals surface area contributed by atoms with Gasteiger partial charge in [0.05, 0.1) is 32.7 Å². The number of aliphatic hydroxyl groups excluding tert-OH is 4. The van der Waals surface area contributed by atoms with E-state index < -0.39 is 78.2 Å². The van der Waals surface area contributed by atoms with E-state index in [9.17, 15) is 39.0 Å². The number of hydrogen-bond acceptors (Lipinski definition) is 18. The molecule has 0 saturated carbocycles. The Labute approximate surface area is 455 Å². The van der Waals surface area contributed by atoms with E-state index in [1.807, 2.05) is 72.8 Å². The van der Waals surface area contributed by atoms with Crippen molar-refractivity contribution in [3.8, 4) is 45.6 Å². The topological polar surface area (TPSA) is 335 Å². The zero-order chi connectivity index (χ0) is 52.8. The number of ketones is 6. The Balaban J connectivity index is 0.000000170. The van der Waals surface area contributed by atoms with E-state index in [0.717, 1.165) is 45.6 Å². The van der Waals surface area contributed by atoms with Gasteiger partial charge in [0.15, 0.2) is 58.4 Å². The predicted octanol–water partition coefficient (Wildman–Crippen LogP) is 6.05. The third kappa shape index (κ3) is 13.2. The van der Waals surface area contributed by atoms with Crippen LogP contribution in [0.5, 0.6) is 0 Å². The molecule has 6 aromatic rings. The summed E-state index contributed by atoms with van der Waals surface area (Å²) in [7, 11) is 0. The molecule has 0 aliphatic heterocycles. The molecular formula is C46H26Br6N8O12. The van der Waals surface area contributed by atoms with Gasteiger partial charge in [0.1, 0.15) is 29.3 Å². The number of pyridine rings is 4. The highest BCUT2D eigenvalue weighted by Crippen LogP contribution is 2.30. The monoisotopic (exact) mass is 1360 g/mol. The standard InChI is InChI=1S/2C14H10N4.3C6H2Br2O4/c2*1-3-7-15-11(5-1)13-14(18-10-9-17-13)12-6-2-4-8-16-12;3*7-1-3(9)5(11)2(8)6(12)4(1)10/h2*1-10H;3*9,12H. The maximum atomic E-state index is 10.9. The van der Waals surface area contributed by atoms with Crippen LogP contribution in [0.1, 0.15) is 0 Å².